The van der Waals surface area contributed by atoms with Gasteiger partial charge in [0.2, 0.25) is 5.91 Å². The maximum atomic E-state index is 14.6. The summed E-state index contributed by atoms with van der Waals surface area (Å²) < 4.78 is 33.4. The SMILES string of the molecule is CO[C@H]1C[C@H]([C@@H](NC(=O)N2CCNC(=O)[C@H]2C)c2ccc(F)c(Cl)c2F)C1. The van der Waals surface area contributed by atoms with Crippen molar-refractivity contribution in [3.63, 3.8) is 0 Å². The summed E-state index contributed by atoms with van der Waals surface area (Å²) in [6.07, 6.45) is 1.30. The van der Waals surface area contributed by atoms with Gasteiger partial charge >= 0.3 is 6.03 Å². The molecule has 9 heteroatoms. The fourth-order valence-corrected chi connectivity index (χ4v) is 3.75. The largest absolute Gasteiger partial charge is 0.381 e. The first-order valence-corrected chi connectivity index (χ1v) is 9.22. The van der Waals surface area contributed by atoms with Crippen molar-refractivity contribution in [3.8, 4) is 0 Å². The van der Waals surface area contributed by atoms with Gasteiger partial charge in [-0.2, -0.15) is 0 Å². The van der Waals surface area contributed by atoms with Crippen molar-refractivity contribution >= 4 is 23.5 Å². The highest BCUT2D eigenvalue weighted by Crippen LogP contribution is 2.41. The van der Waals surface area contributed by atoms with Crippen LogP contribution < -0.4 is 10.6 Å². The molecule has 2 atom stereocenters. The van der Waals surface area contributed by atoms with Crippen LogP contribution in [0.5, 0.6) is 0 Å². The highest BCUT2D eigenvalue weighted by molar-refractivity contribution is 6.31. The second-order valence-corrected chi connectivity index (χ2v) is 7.32. The van der Waals surface area contributed by atoms with E-state index in [-0.39, 0.29) is 23.5 Å². The average molecular weight is 402 g/mol. The minimum Gasteiger partial charge on any atom is -0.381 e. The Labute approximate surface area is 161 Å². The number of carbonyl (C=O) groups excluding carboxylic acids is 2. The Balaban J connectivity index is 1.84. The number of ether oxygens (including phenoxy) is 1. The summed E-state index contributed by atoms with van der Waals surface area (Å²) in [4.78, 5) is 26.0. The first kappa shape index (κ1) is 19.8. The zero-order valence-electron chi connectivity index (χ0n) is 15.1. The molecule has 1 aliphatic carbocycles. The fraction of sp³-hybridized carbons (Fsp3) is 0.556. The van der Waals surface area contributed by atoms with Gasteiger partial charge in [0.1, 0.15) is 22.7 Å². The smallest absolute Gasteiger partial charge is 0.318 e. The minimum absolute atomic E-state index is 0.0353. The van der Waals surface area contributed by atoms with Crippen LogP contribution in [0.25, 0.3) is 0 Å². The Morgan fingerprint density at radius 1 is 1.41 bits per heavy atom. The Morgan fingerprint density at radius 2 is 2.11 bits per heavy atom. The van der Waals surface area contributed by atoms with Gasteiger partial charge in [-0.05, 0) is 31.7 Å². The molecule has 2 fully saturated rings. The average Bonchev–Trinajstić information content (AvgIpc) is 2.60. The first-order valence-electron chi connectivity index (χ1n) is 8.84. The van der Waals surface area contributed by atoms with Crippen molar-refractivity contribution < 1.29 is 23.1 Å². The number of benzene rings is 1. The molecule has 6 nitrogen and oxygen atoms in total. The number of hydrogen-bond acceptors (Lipinski definition) is 3. The Morgan fingerprint density at radius 3 is 2.78 bits per heavy atom. The normalized spacial score (nSPS) is 26.2. The number of piperazine rings is 1. The summed E-state index contributed by atoms with van der Waals surface area (Å²) in [6, 6.07) is 0.591. The Bertz CT molecular complexity index is 743. The molecule has 2 N–H and O–H groups in total. The van der Waals surface area contributed by atoms with Gasteiger partial charge < -0.3 is 20.3 Å². The predicted octanol–water partition coefficient (Wildman–Crippen LogP) is 2.61. The summed E-state index contributed by atoms with van der Waals surface area (Å²) in [5.41, 5.74) is 0.128. The van der Waals surface area contributed by atoms with E-state index < -0.39 is 34.8 Å². The summed E-state index contributed by atoms with van der Waals surface area (Å²) in [5.74, 6) is -2.06. The molecule has 1 aliphatic heterocycles. The van der Waals surface area contributed by atoms with E-state index in [0.717, 1.165) is 6.07 Å². The molecule has 1 aromatic rings. The quantitative estimate of drug-likeness (QED) is 0.762. The lowest BCUT2D eigenvalue weighted by Gasteiger charge is -2.41. The molecule has 1 saturated heterocycles. The van der Waals surface area contributed by atoms with E-state index >= 15 is 0 Å². The van der Waals surface area contributed by atoms with Gasteiger partial charge in [-0.1, -0.05) is 17.7 Å². The number of rotatable bonds is 4. The van der Waals surface area contributed by atoms with Crippen molar-refractivity contribution in [1.82, 2.24) is 15.5 Å². The summed E-state index contributed by atoms with van der Waals surface area (Å²) in [6.45, 7) is 2.33. The molecule has 0 spiro atoms. The zero-order valence-corrected chi connectivity index (χ0v) is 15.9. The summed E-state index contributed by atoms with van der Waals surface area (Å²) in [5, 5.41) is 4.91. The predicted molar refractivity (Wildman–Crippen MR) is 95.3 cm³/mol. The number of nitrogens with zero attached hydrogens (tertiary/aromatic N) is 1. The summed E-state index contributed by atoms with van der Waals surface area (Å²) >= 11 is 5.73. The molecule has 1 saturated carbocycles. The van der Waals surface area contributed by atoms with Gasteiger partial charge in [0.05, 0.1) is 12.1 Å². The van der Waals surface area contributed by atoms with Gasteiger partial charge in [0.15, 0.2) is 0 Å². The van der Waals surface area contributed by atoms with Gasteiger partial charge in [-0.3, -0.25) is 4.79 Å². The van der Waals surface area contributed by atoms with Gasteiger partial charge in [-0.25, -0.2) is 13.6 Å². The van der Waals surface area contributed by atoms with E-state index in [4.69, 9.17) is 16.3 Å². The van der Waals surface area contributed by atoms with Crippen molar-refractivity contribution in [2.24, 2.45) is 5.92 Å². The lowest BCUT2D eigenvalue weighted by Crippen LogP contribution is -2.59. The van der Waals surface area contributed by atoms with Crippen molar-refractivity contribution in [2.75, 3.05) is 20.2 Å². The zero-order chi connectivity index (χ0) is 19.7. The number of halogens is 3. The van der Waals surface area contributed by atoms with Crippen LogP contribution in [0.15, 0.2) is 12.1 Å². The van der Waals surface area contributed by atoms with Crippen LogP contribution in [-0.4, -0.2) is 49.2 Å². The molecule has 0 radical (unpaired) electrons. The van der Waals surface area contributed by atoms with Crippen LogP contribution in [0.4, 0.5) is 13.6 Å². The lowest BCUT2D eigenvalue weighted by atomic mass is 9.74. The first-order chi connectivity index (χ1) is 12.8. The maximum absolute atomic E-state index is 14.6. The molecular weight excluding hydrogens is 380 g/mol. The van der Waals surface area contributed by atoms with Crippen LogP contribution in [0, 0.1) is 17.6 Å². The third kappa shape index (κ3) is 3.87. The molecule has 2 aliphatic rings. The molecule has 3 rings (SSSR count). The number of urea groups is 1. The molecule has 1 heterocycles. The van der Waals surface area contributed by atoms with Crippen LogP contribution in [0.3, 0.4) is 0 Å². The molecular formula is C18H22ClF2N3O3. The topological polar surface area (TPSA) is 70.7 Å². The summed E-state index contributed by atoms with van der Waals surface area (Å²) in [7, 11) is 1.60. The lowest BCUT2D eigenvalue weighted by molar-refractivity contribution is -0.127. The van der Waals surface area contributed by atoms with E-state index in [1.807, 2.05) is 0 Å². The van der Waals surface area contributed by atoms with E-state index in [1.54, 1.807) is 14.0 Å². The number of hydrogen-bond donors (Lipinski definition) is 2. The van der Waals surface area contributed by atoms with E-state index in [0.29, 0.717) is 25.9 Å². The Hall–Kier alpha value is -1.93. The van der Waals surface area contributed by atoms with Crippen molar-refractivity contribution in [2.45, 2.75) is 38.0 Å². The molecule has 0 unspecified atom stereocenters. The third-order valence-corrected chi connectivity index (χ3v) is 5.72. The number of nitrogens with one attached hydrogen (secondary N) is 2. The van der Waals surface area contributed by atoms with Crippen LogP contribution in [0.2, 0.25) is 5.02 Å². The number of carbonyl (C=O) groups is 2. The van der Waals surface area contributed by atoms with E-state index in [1.165, 1.54) is 11.0 Å². The highest BCUT2D eigenvalue weighted by atomic mass is 35.5. The monoisotopic (exact) mass is 401 g/mol. The second kappa shape index (κ2) is 7.98. The van der Waals surface area contributed by atoms with Crippen molar-refractivity contribution in [1.29, 1.82) is 0 Å². The maximum Gasteiger partial charge on any atom is 0.318 e. The molecule has 148 valence electrons. The fourth-order valence-electron chi connectivity index (χ4n) is 3.58. The third-order valence-electron chi connectivity index (χ3n) is 5.37. The Kier molecular flexibility index (Phi) is 5.86. The molecule has 0 aromatic heterocycles. The molecule has 1 aromatic carbocycles. The van der Waals surface area contributed by atoms with E-state index in [9.17, 15) is 18.4 Å². The van der Waals surface area contributed by atoms with Crippen LogP contribution >= 0.6 is 11.6 Å². The molecule has 3 amide bonds. The van der Waals surface area contributed by atoms with Crippen LogP contribution in [0.1, 0.15) is 31.4 Å². The number of methoxy groups -OCH3 is 1. The highest BCUT2D eigenvalue weighted by Gasteiger charge is 2.40. The number of amides is 3. The van der Waals surface area contributed by atoms with Gasteiger partial charge in [-0.15, -0.1) is 0 Å². The molecule has 0 bridgehead atoms. The van der Waals surface area contributed by atoms with Gasteiger partial charge in [0.25, 0.3) is 0 Å². The molecule has 27 heavy (non-hydrogen) atoms. The minimum atomic E-state index is -0.882. The van der Waals surface area contributed by atoms with E-state index in [2.05, 4.69) is 10.6 Å². The van der Waals surface area contributed by atoms with Crippen molar-refractivity contribution in [3.05, 3.63) is 34.4 Å². The van der Waals surface area contributed by atoms with Gasteiger partial charge in [0, 0.05) is 25.8 Å². The van der Waals surface area contributed by atoms with Crippen LogP contribution in [-0.2, 0) is 9.53 Å². The standard InChI is InChI=1S/C18H22ClF2N3O3/c1-9-17(25)22-5-6-24(9)18(26)23-16(10-7-11(8-10)27-2)12-3-4-13(20)14(19)15(12)21/h3-4,9-11,16H,5-8H2,1-2H3,(H,22,25)(H,23,26)/t9-,10-,11-,16-/m1/s1. The second-order valence-electron chi connectivity index (χ2n) is 6.94.